The van der Waals surface area contributed by atoms with Crippen molar-refractivity contribution in [3.8, 4) is 0 Å². The zero-order chi connectivity index (χ0) is 10.7. The summed E-state index contributed by atoms with van der Waals surface area (Å²) in [4.78, 5) is 0. The monoisotopic (exact) mass is 212 g/mol. The third kappa shape index (κ3) is 2.54. The molecule has 0 unspecified atom stereocenters. The van der Waals surface area contributed by atoms with E-state index < -0.39 is 0 Å². The van der Waals surface area contributed by atoms with Crippen molar-refractivity contribution in [2.24, 2.45) is 5.92 Å². The van der Waals surface area contributed by atoms with E-state index >= 15 is 0 Å². The van der Waals surface area contributed by atoms with Crippen molar-refractivity contribution in [1.82, 2.24) is 0 Å². The number of ether oxygens (including phenoxy) is 1. The molecule has 0 aromatic carbocycles. The van der Waals surface area contributed by atoms with Crippen molar-refractivity contribution in [3.05, 3.63) is 0 Å². The lowest BCUT2D eigenvalue weighted by Gasteiger charge is -2.43. The first-order valence-corrected chi connectivity index (χ1v) is 6.50. The summed E-state index contributed by atoms with van der Waals surface area (Å²) in [5.41, 5.74) is -0.352. The molecule has 0 aliphatic heterocycles. The van der Waals surface area contributed by atoms with Crippen molar-refractivity contribution >= 4 is 0 Å². The van der Waals surface area contributed by atoms with Crippen LogP contribution in [0.15, 0.2) is 0 Å². The van der Waals surface area contributed by atoms with Crippen molar-refractivity contribution < 1.29 is 9.84 Å². The Morgan fingerprint density at radius 3 is 2.13 bits per heavy atom. The molecule has 0 aromatic rings. The molecule has 2 fully saturated rings. The summed E-state index contributed by atoms with van der Waals surface area (Å²) in [6, 6.07) is 0. The van der Waals surface area contributed by atoms with Crippen LogP contribution < -0.4 is 0 Å². The molecule has 0 spiro atoms. The minimum Gasteiger partial charge on any atom is -0.390 e. The van der Waals surface area contributed by atoms with Gasteiger partial charge in [-0.3, -0.25) is 0 Å². The van der Waals surface area contributed by atoms with Gasteiger partial charge in [0.1, 0.15) is 0 Å². The summed E-state index contributed by atoms with van der Waals surface area (Å²) in [6.45, 7) is 0. The van der Waals surface area contributed by atoms with E-state index in [4.69, 9.17) is 4.74 Å². The molecule has 0 bridgehead atoms. The van der Waals surface area contributed by atoms with Gasteiger partial charge in [0, 0.05) is 7.11 Å². The molecule has 2 saturated carbocycles. The second kappa shape index (κ2) is 4.84. The highest BCUT2D eigenvalue weighted by molar-refractivity contribution is 4.92. The van der Waals surface area contributed by atoms with Crippen molar-refractivity contribution in [2.45, 2.75) is 69.5 Å². The number of rotatable bonds is 2. The molecule has 2 aliphatic carbocycles. The molecular formula is C13H24O2. The molecule has 2 heteroatoms. The summed E-state index contributed by atoms with van der Waals surface area (Å²) in [6.07, 6.45) is 10.9. The molecule has 2 nitrogen and oxygen atoms in total. The maximum absolute atomic E-state index is 10.7. The third-order valence-corrected chi connectivity index (χ3v) is 4.50. The van der Waals surface area contributed by atoms with Gasteiger partial charge in [-0.2, -0.15) is 0 Å². The first kappa shape index (κ1) is 11.4. The molecule has 0 atom stereocenters. The van der Waals surface area contributed by atoms with Gasteiger partial charge in [0.2, 0.25) is 0 Å². The van der Waals surface area contributed by atoms with Crippen LogP contribution in [0.5, 0.6) is 0 Å². The van der Waals surface area contributed by atoms with E-state index in [0.717, 1.165) is 25.7 Å². The molecule has 0 amide bonds. The molecular weight excluding hydrogens is 188 g/mol. The van der Waals surface area contributed by atoms with Gasteiger partial charge in [0.15, 0.2) is 0 Å². The molecule has 0 saturated heterocycles. The predicted octanol–water partition coefficient (Wildman–Crippen LogP) is 2.89. The highest BCUT2D eigenvalue weighted by atomic mass is 16.5. The van der Waals surface area contributed by atoms with Crippen LogP contribution in [0, 0.1) is 5.92 Å². The van der Waals surface area contributed by atoms with Crippen LogP contribution in [0.25, 0.3) is 0 Å². The van der Waals surface area contributed by atoms with Crippen molar-refractivity contribution in [1.29, 1.82) is 0 Å². The lowest BCUT2D eigenvalue weighted by atomic mass is 9.69. The lowest BCUT2D eigenvalue weighted by Crippen LogP contribution is -2.43. The minimum absolute atomic E-state index is 0.352. The molecule has 1 N–H and O–H groups in total. The summed E-state index contributed by atoms with van der Waals surface area (Å²) in [7, 11) is 1.79. The van der Waals surface area contributed by atoms with Gasteiger partial charge < -0.3 is 9.84 Å². The highest BCUT2D eigenvalue weighted by Crippen LogP contribution is 2.41. The Morgan fingerprint density at radius 2 is 1.60 bits per heavy atom. The smallest absolute Gasteiger partial charge is 0.0677 e. The van der Waals surface area contributed by atoms with Gasteiger partial charge in [0.05, 0.1) is 11.7 Å². The molecule has 2 aliphatic rings. The zero-order valence-corrected chi connectivity index (χ0v) is 9.87. The topological polar surface area (TPSA) is 29.5 Å². The van der Waals surface area contributed by atoms with E-state index in [9.17, 15) is 5.11 Å². The fourth-order valence-corrected chi connectivity index (χ4v) is 3.38. The van der Waals surface area contributed by atoms with Crippen LogP contribution in [0.4, 0.5) is 0 Å². The van der Waals surface area contributed by atoms with Gasteiger partial charge in [0.25, 0.3) is 0 Å². The number of hydrogen-bond acceptors (Lipinski definition) is 2. The van der Waals surface area contributed by atoms with Gasteiger partial charge in [-0.15, -0.1) is 0 Å². The SMILES string of the molecule is COC1CCC(O)(C2CCCCC2)CC1. The minimum atomic E-state index is -0.352. The fourth-order valence-electron chi connectivity index (χ4n) is 3.38. The van der Waals surface area contributed by atoms with Crippen LogP contribution in [-0.2, 0) is 4.74 Å². The maximum Gasteiger partial charge on any atom is 0.0677 e. The predicted molar refractivity (Wildman–Crippen MR) is 60.8 cm³/mol. The number of aliphatic hydroxyl groups is 1. The Hall–Kier alpha value is -0.0800. The van der Waals surface area contributed by atoms with E-state index in [0.29, 0.717) is 12.0 Å². The number of methoxy groups -OCH3 is 1. The molecule has 15 heavy (non-hydrogen) atoms. The lowest BCUT2D eigenvalue weighted by molar-refractivity contribution is -0.0891. The summed E-state index contributed by atoms with van der Waals surface area (Å²) in [5.74, 6) is 0.573. The summed E-state index contributed by atoms with van der Waals surface area (Å²) >= 11 is 0. The number of hydrogen-bond donors (Lipinski definition) is 1. The van der Waals surface area contributed by atoms with Gasteiger partial charge in [-0.05, 0) is 44.4 Å². The molecule has 88 valence electrons. The molecule has 2 rings (SSSR count). The third-order valence-electron chi connectivity index (χ3n) is 4.50. The standard InChI is InChI=1S/C13H24O2/c1-15-12-7-9-13(14,10-8-12)11-5-3-2-4-6-11/h11-12,14H,2-10H2,1H3. The van der Waals surface area contributed by atoms with Crippen LogP contribution in [0.3, 0.4) is 0 Å². The van der Waals surface area contributed by atoms with Gasteiger partial charge in [-0.25, -0.2) is 0 Å². The fraction of sp³-hybridized carbons (Fsp3) is 1.00. The molecule has 0 aromatic heterocycles. The largest absolute Gasteiger partial charge is 0.390 e. The van der Waals surface area contributed by atoms with Crippen molar-refractivity contribution in [2.75, 3.05) is 7.11 Å². The van der Waals surface area contributed by atoms with Crippen LogP contribution in [0.2, 0.25) is 0 Å². The Balaban J connectivity index is 1.89. The second-order valence-corrected chi connectivity index (χ2v) is 5.37. The Labute approximate surface area is 93.0 Å². The molecule has 0 heterocycles. The zero-order valence-electron chi connectivity index (χ0n) is 9.87. The first-order chi connectivity index (χ1) is 7.24. The van der Waals surface area contributed by atoms with E-state index in [1.54, 1.807) is 7.11 Å². The quantitative estimate of drug-likeness (QED) is 0.762. The van der Waals surface area contributed by atoms with E-state index in [1.165, 1.54) is 32.1 Å². The van der Waals surface area contributed by atoms with Crippen LogP contribution in [-0.4, -0.2) is 23.9 Å². The second-order valence-electron chi connectivity index (χ2n) is 5.37. The Bertz CT molecular complexity index is 189. The Kier molecular flexibility index (Phi) is 3.68. The van der Waals surface area contributed by atoms with Gasteiger partial charge in [-0.1, -0.05) is 19.3 Å². The van der Waals surface area contributed by atoms with Gasteiger partial charge >= 0.3 is 0 Å². The molecule has 0 radical (unpaired) electrons. The summed E-state index contributed by atoms with van der Waals surface area (Å²) in [5, 5.41) is 10.7. The van der Waals surface area contributed by atoms with Crippen molar-refractivity contribution in [3.63, 3.8) is 0 Å². The highest BCUT2D eigenvalue weighted by Gasteiger charge is 2.40. The normalized spacial score (nSPS) is 39.2. The van der Waals surface area contributed by atoms with E-state index in [2.05, 4.69) is 0 Å². The maximum atomic E-state index is 10.7. The van der Waals surface area contributed by atoms with E-state index in [1.807, 2.05) is 0 Å². The average Bonchev–Trinajstić information content (AvgIpc) is 2.31. The van der Waals surface area contributed by atoms with Crippen LogP contribution in [0.1, 0.15) is 57.8 Å². The average molecular weight is 212 g/mol. The Morgan fingerprint density at radius 1 is 1.00 bits per heavy atom. The van der Waals surface area contributed by atoms with Crippen LogP contribution >= 0.6 is 0 Å². The van der Waals surface area contributed by atoms with E-state index in [-0.39, 0.29) is 5.60 Å². The first-order valence-electron chi connectivity index (χ1n) is 6.50. The summed E-state index contributed by atoms with van der Waals surface area (Å²) < 4.78 is 5.36.